The van der Waals surface area contributed by atoms with E-state index in [1.165, 1.54) is 0 Å². The fourth-order valence-electron chi connectivity index (χ4n) is 2.85. The van der Waals surface area contributed by atoms with Crippen LogP contribution in [-0.2, 0) is 0 Å². The first-order valence-corrected chi connectivity index (χ1v) is 8.34. The zero-order valence-corrected chi connectivity index (χ0v) is 14.6. The lowest BCUT2D eigenvalue weighted by Crippen LogP contribution is -2.03. The molecule has 5 heteroatoms. The maximum atomic E-state index is 5.46. The second kappa shape index (κ2) is 6.80. The minimum atomic E-state index is 0.451. The monoisotopic (exact) mass is 342 g/mol. The smallest absolute Gasteiger partial charge is 0.244 e. The standard InChI is InChI=1S/C21H18N4O/c1-15-13-25-14-18(20(26-2)24-21(25)22-15)23-19(16-9-5-3-6-10-16)17-11-7-4-8-12-17/h3-14H,1-2H3. The Morgan fingerprint density at radius 2 is 1.50 bits per heavy atom. The molecule has 2 heterocycles. The highest BCUT2D eigenvalue weighted by atomic mass is 16.5. The van der Waals surface area contributed by atoms with Gasteiger partial charge >= 0.3 is 0 Å². The van der Waals surface area contributed by atoms with Crippen molar-refractivity contribution in [2.45, 2.75) is 6.92 Å². The Bertz CT molecular complexity index is 1030. The molecule has 0 aliphatic rings. The fraction of sp³-hybridized carbons (Fsp3) is 0.0952. The van der Waals surface area contributed by atoms with Gasteiger partial charge in [-0.1, -0.05) is 60.7 Å². The maximum Gasteiger partial charge on any atom is 0.244 e. The molecule has 4 aromatic rings. The second-order valence-corrected chi connectivity index (χ2v) is 5.92. The van der Waals surface area contributed by atoms with E-state index >= 15 is 0 Å². The van der Waals surface area contributed by atoms with Crippen molar-refractivity contribution in [3.05, 3.63) is 89.9 Å². The van der Waals surface area contributed by atoms with Gasteiger partial charge in [0.25, 0.3) is 0 Å². The number of hydrogen-bond donors (Lipinski definition) is 0. The third-order valence-electron chi connectivity index (χ3n) is 4.04. The highest BCUT2D eigenvalue weighted by Crippen LogP contribution is 2.27. The summed E-state index contributed by atoms with van der Waals surface area (Å²) < 4.78 is 7.33. The number of rotatable bonds is 4. The molecular formula is C21H18N4O. The molecule has 0 N–H and O–H groups in total. The predicted octanol–water partition coefficient (Wildman–Crippen LogP) is 4.22. The van der Waals surface area contributed by atoms with Crippen molar-refractivity contribution < 1.29 is 4.74 Å². The van der Waals surface area contributed by atoms with Crippen LogP contribution in [0.4, 0.5) is 5.69 Å². The summed E-state index contributed by atoms with van der Waals surface area (Å²) in [4.78, 5) is 13.8. The van der Waals surface area contributed by atoms with Crippen LogP contribution < -0.4 is 4.74 Å². The molecule has 0 unspecified atom stereocenters. The van der Waals surface area contributed by atoms with Crippen LogP contribution in [0.3, 0.4) is 0 Å². The first-order valence-electron chi connectivity index (χ1n) is 8.34. The van der Waals surface area contributed by atoms with Crippen molar-refractivity contribution in [3.63, 3.8) is 0 Å². The van der Waals surface area contributed by atoms with Gasteiger partial charge in [0.2, 0.25) is 11.7 Å². The van der Waals surface area contributed by atoms with Crippen LogP contribution in [0.5, 0.6) is 5.88 Å². The Hall–Kier alpha value is -3.47. The summed E-state index contributed by atoms with van der Waals surface area (Å²) in [5, 5.41) is 0. The number of aliphatic imine (C=N–C) groups is 1. The molecule has 0 fully saturated rings. The van der Waals surface area contributed by atoms with Crippen molar-refractivity contribution in [2.24, 2.45) is 4.99 Å². The minimum absolute atomic E-state index is 0.451. The molecule has 0 saturated carbocycles. The molecule has 2 aromatic carbocycles. The van der Waals surface area contributed by atoms with Crippen molar-refractivity contribution >= 4 is 17.2 Å². The van der Waals surface area contributed by atoms with Crippen molar-refractivity contribution in [2.75, 3.05) is 7.11 Å². The van der Waals surface area contributed by atoms with Crippen LogP contribution in [0.1, 0.15) is 16.8 Å². The lowest BCUT2D eigenvalue weighted by Gasteiger charge is -2.10. The van der Waals surface area contributed by atoms with E-state index in [4.69, 9.17) is 9.73 Å². The molecule has 0 radical (unpaired) electrons. The van der Waals surface area contributed by atoms with Crippen molar-refractivity contribution in [1.29, 1.82) is 0 Å². The molecule has 26 heavy (non-hydrogen) atoms. The summed E-state index contributed by atoms with van der Waals surface area (Å²) in [5.41, 5.74) is 4.47. The summed E-state index contributed by atoms with van der Waals surface area (Å²) in [5.74, 6) is 1.05. The molecule has 0 aliphatic heterocycles. The SMILES string of the molecule is COc1nc2nc(C)cn2cc1N=C(c1ccccc1)c1ccccc1. The van der Waals surface area contributed by atoms with Gasteiger partial charge < -0.3 is 4.74 Å². The van der Waals surface area contributed by atoms with E-state index in [9.17, 15) is 0 Å². The Kier molecular flexibility index (Phi) is 4.19. The topological polar surface area (TPSA) is 51.8 Å². The molecule has 128 valence electrons. The summed E-state index contributed by atoms with van der Waals surface area (Å²) in [6, 6.07) is 20.2. The van der Waals surface area contributed by atoms with Crippen LogP contribution >= 0.6 is 0 Å². The van der Waals surface area contributed by atoms with E-state index in [0.717, 1.165) is 22.5 Å². The Labute approximate surface area is 151 Å². The number of benzene rings is 2. The predicted molar refractivity (Wildman–Crippen MR) is 102 cm³/mol. The first kappa shape index (κ1) is 16.0. The number of aryl methyl sites for hydroxylation is 1. The quantitative estimate of drug-likeness (QED) is 0.522. The molecule has 0 aliphatic carbocycles. The third kappa shape index (κ3) is 3.07. The second-order valence-electron chi connectivity index (χ2n) is 5.92. The van der Waals surface area contributed by atoms with Crippen molar-refractivity contribution in [3.8, 4) is 5.88 Å². The Balaban J connectivity index is 1.93. The van der Waals surface area contributed by atoms with Gasteiger partial charge in [-0.25, -0.2) is 9.98 Å². The van der Waals surface area contributed by atoms with Crippen LogP contribution in [0, 0.1) is 6.92 Å². The van der Waals surface area contributed by atoms with Crippen LogP contribution in [-0.4, -0.2) is 27.2 Å². The number of ether oxygens (including phenoxy) is 1. The van der Waals surface area contributed by atoms with Gasteiger partial charge in [-0.05, 0) is 6.92 Å². The average Bonchev–Trinajstić information content (AvgIpc) is 3.05. The number of methoxy groups -OCH3 is 1. The van der Waals surface area contributed by atoms with Gasteiger partial charge in [0.15, 0.2) is 0 Å². The molecular weight excluding hydrogens is 324 g/mol. The highest BCUT2D eigenvalue weighted by molar-refractivity contribution is 6.14. The fourth-order valence-corrected chi connectivity index (χ4v) is 2.85. The third-order valence-corrected chi connectivity index (χ3v) is 4.04. The zero-order chi connectivity index (χ0) is 17.9. The van der Waals surface area contributed by atoms with Crippen LogP contribution in [0.2, 0.25) is 0 Å². The number of fused-ring (bicyclic) bond motifs is 1. The van der Waals surface area contributed by atoms with Gasteiger partial charge in [0, 0.05) is 23.5 Å². The van der Waals surface area contributed by atoms with Crippen LogP contribution in [0.15, 0.2) is 78.0 Å². The van der Waals surface area contributed by atoms with E-state index in [-0.39, 0.29) is 0 Å². The molecule has 4 rings (SSSR count). The zero-order valence-electron chi connectivity index (χ0n) is 14.6. The molecule has 0 bridgehead atoms. The normalized spacial score (nSPS) is 10.7. The van der Waals surface area contributed by atoms with E-state index < -0.39 is 0 Å². The maximum absolute atomic E-state index is 5.46. The first-order chi connectivity index (χ1) is 12.7. The molecule has 0 spiro atoms. The van der Waals surface area contributed by atoms with Gasteiger partial charge in [0.1, 0.15) is 5.69 Å². The van der Waals surface area contributed by atoms with Gasteiger partial charge in [-0.3, -0.25) is 4.40 Å². The van der Waals surface area contributed by atoms with E-state index in [2.05, 4.69) is 9.97 Å². The average molecular weight is 342 g/mol. The molecule has 0 saturated heterocycles. The lowest BCUT2D eigenvalue weighted by atomic mass is 10.0. The summed E-state index contributed by atoms with van der Waals surface area (Å²) in [6.07, 6.45) is 3.82. The number of nitrogens with zero attached hydrogens (tertiary/aromatic N) is 4. The highest BCUT2D eigenvalue weighted by Gasteiger charge is 2.12. The number of aromatic nitrogens is 3. The van der Waals surface area contributed by atoms with E-state index in [1.807, 2.05) is 84.4 Å². The summed E-state index contributed by atoms with van der Waals surface area (Å²) >= 11 is 0. The van der Waals surface area contributed by atoms with Crippen molar-refractivity contribution in [1.82, 2.24) is 14.4 Å². The summed E-state index contributed by atoms with van der Waals surface area (Å²) in [6.45, 7) is 1.93. The molecule has 0 amide bonds. The molecule has 0 atom stereocenters. The largest absolute Gasteiger partial charge is 0.479 e. The number of hydrogen-bond acceptors (Lipinski definition) is 4. The summed E-state index contributed by atoms with van der Waals surface area (Å²) in [7, 11) is 1.60. The van der Waals surface area contributed by atoms with E-state index in [0.29, 0.717) is 17.3 Å². The molecule has 5 nitrogen and oxygen atoms in total. The Morgan fingerprint density at radius 1 is 0.885 bits per heavy atom. The number of imidazole rings is 1. The minimum Gasteiger partial charge on any atom is -0.479 e. The van der Waals surface area contributed by atoms with Crippen LogP contribution in [0.25, 0.3) is 5.78 Å². The van der Waals surface area contributed by atoms with Gasteiger partial charge in [0.05, 0.1) is 18.5 Å². The van der Waals surface area contributed by atoms with E-state index in [1.54, 1.807) is 7.11 Å². The van der Waals surface area contributed by atoms with Gasteiger partial charge in [-0.2, -0.15) is 4.98 Å². The Morgan fingerprint density at radius 3 is 2.08 bits per heavy atom. The van der Waals surface area contributed by atoms with Gasteiger partial charge in [-0.15, -0.1) is 0 Å². The lowest BCUT2D eigenvalue weighted by molar-refractivity contribution is 0.399. The molecule has 2 aromatic heterocycles.